The second-order valence-corrected chi connectivity index (χ2v) is 11.2. The third-order valence-electron chi connectivity index (χ3n) is 6.47. The number of carbonyl (C=O) groups is 1. The van der Waals surface area contributed by atoms with Crippen LogP contribution < -0.4 is 26.4 Å². The number of rotatable bonds is 11. The molecule has 1 amide bonds. The van der Waals surface area contributed by atoms with Gasteiger partial charge in [0.2, 0.25) is 15.9 Å². The third kappa shape index (κ3) is 7.83. The molecule has 35 heavy (non-hydrogen) atoms. The number of nitrogens with zero attached hydrogens (tertiary/aromatic N) is 2. The molecule has 0 bridgehead atoms. The standard InChI is InChI=1S/C25H38N6O3S/c1-31(2)21-12-10-20-16-22(13-11-19(20)15-21)35(33,34)30-23(9-6-14-28-25(26)27)24(32)29-17-18-7-4-3-5-8-18/h10-13,15-16,18,23,30H,3-9,14,17H2,1-2H3,(H,29,32)(H4,26,27,28)/t23-/m0/s1. The number of nitrogens with one attached hydrogen (secondary N) is 2. The van der Waals surface area contributed by atoms with Gasteiger partial charge in [0.15, 0.2) is 5.96 Å². The lowest BCUT2D eigenvalue weighted by Gasteiger charge is -2.24. The summed E-state index contributed by atoms with van der Waals surface area (Å²) in [5.74, 6) is 0.0943. The van der Waals surface area contributed by atoms with Crippen LogP contribution >= 0.6 is 0 Å². The fraction of sp³-hybridized carbons (Fsp3) is 0.520. The molecule has 0 aromatic heterocycles. The first-order valence-electron chi connectivity index (χ1n) is 12.2. The quantitative estimate of drug-likeness (QED) is 0.211. The van der Waals surface area contributed by atoms with Gasteiger partial charge in [0, 0.05) is 32.9 Å². The van der Waals surface area contributed by atoms with Gasteiger partial charge in [-0.25, -0.2) is 8.42 Å². The maximum Gasteiger partial charge on any atom is 0.241 e. The van der Waals surface area contributed by atoms with E-state index >= 15 is 0 Å². The molecule has 192 valence electrons. The van der Waals surface area contributed by atoms with Gasteiger partial charge < -0.3 is 21.7 Å². The van der Waals surface area contributed by atoms with Crippen LogP contribution in [0.25, 0.3) is 10.8 Å². The van der Waals surface area contributed by atoms with Gasteiger partial charge in [-0.1, -0.05) is 31.4 Å². The second kappa shape index (κ2) is 12.2. The number of anilines is 1. The van der Waals surface area contributed by atoms with Crippen molar-refractivity contribution in [2.45, 2.75) is 55.9 Å². The Kier molecular flexibility index (Phi) is 9.33. The van der Waals surface area contributed by atoms with Crippen LogP contribution in [0, 0.1) is 5.92 Å². The van der Waals surface area contributed by atoms with Crippen LogP contribution in [0.2, 0.25) is 0 Å². The van der Waals surface area contributed by atoms with Crippen molar-refractivity contribution in [3.63, 3.8) is 0 Å². The van der Waals surface area contributed by atoms with E-state index in [-0.39, 0.29) is 23.2 Å². The van der Waals surface area contributed by atoms with Crippen LogP contribution in [-0.2, 0) is 14.8 Å². The molecule has 6 N–H and O–H groups in total. The minimum absolute atomic E-state index is 0.0301. The molecule has 0 heterocycles. The van der Waals surface area contributed by atoms with Crippen molar-refractivity contribution in [3.8, 4) is 0 Å². The molecule has 0 saturated heterocycles. The summed E-state index contributed by atoms with van der Waals surface area (Å²) in [6, 6.07) is 9.92. The normalized spacial score (nSPS) is 15.5. The highest BCUT2D eigenvalue weighted by molar-refractivity contribution is 7.89. The number of sulfonamides is 1. The van der Waals surface area contributed by atoms with Crippen molar-refractivity contribution in [1.82, 2.24) is 10.0 Å². The molecular weight excluding hydrogens is 464 g/mol. The summed E-state index contributed by atoms with van der Waals surface area (Å²) < 4.78 is 29.1. The molecule has 10 heteroatoms. The van der Waals surface area contributed by atoms with Gasteiger partial charge in [-0.15, -0.1) is 0 Å². The van der Waals surface area contributed by atoms with E-state index in [0.717, 1.165) is 29.3 Å². The van der Waals surface area contributed by atoms with Gasteiger partial charge in [-0.2, -0.15) is 4.72 Å². The molecule has 0 spiro atoms. The topological polar surface area (TPSA) is 143 Å². The summed E-state index contributed by atoms with van der Waals surface area (Å²) in [5.41, 5.74) is 11.8. The molecular formula is C25H38N6O3S. The van der Waals surface area contributed by atoms with Crippen molar-refractivity contribution in [2.24, 2.45) is 22.4 Å². The van der Waals surface area contributed by atoms with Crippen molar-refractivity contribution >= 4 is 38.3 Å². The number of amides is 1. The smallest absolute Gasteiger partial charge is 0.241 e. The van der Waals surface area contributed by atoms with E-state index in [9.17, 15) is 13.2 Å². The Bertz CT molecular complexity index is 1140. The van der Waals surface area contributed by atoms with E-state index in [1.54, 1.807) is 18.2 Å². The summed E-state index contributed by atoms with van der Waals surface area (Å²) in [6.45, 7) is 0.885. The number of hydrogen-bond acceptors (Lipinski definition) is 5. The third-order valence-corrected chi connectivity index (χ3v) is 7.94. The zero-order chi connectivity index (χ0) is 25.4. The van der Waals surface area contributed by atoms with E-state index in [1.807, 2.05) is 37.2 Å². The number of hydrogen-bond donors (Lipinski definition) is 4. The first-order valence-corrected chi connectivity index (χ1v) is 13.7. The molecule has 2 aromatic carbocycles. The van der Waals surface area contributed by atoms with Crippen LogP contribution in [0.3, 0.4) is 0 Å². The molecule has 0 aliphatic heterocycles. The van der Waals surface area contributed by atoms with Gasteiger partial charge in [0.25, 0.3) is 0 Å². The van der Waals surface area contributed by atoms with E-state index in [1.165, 1.54) is 19.3 Å². The Morgan fingerprint density at radius 2 is 1.77 bits per heavy atom. The fourth-order valence-corrected chi connectivity index (χ4v) is 5.68. The number of aliphatic imine (C=N–C) groups is 1. The summed E-state index contributed by atoms with van der Waals surface area (Å²) in [6.07, 6.45) is 6.51. The second-order valence-electron chi connectivity index (χ2n) is 9.46. The maximum absolute atomic E-state index is 13.2. The molecule has 1 atom stereocenters. The highest BCUT2D eigenvalue weighted by Gasteiger charge is 2.26. The Morgan fingerprint density at radius 1 is 1.09 bits per heavy atom. The Balaban J connectivity index is 1.74. The first kappa shape index (κ1) is 26.7. The Morgan fingerprint density at radius 3 is 2.46 bits per heavy atom. The first-order chi connectivity index (χ1) is 16.7. The number of benzene rings is 2. The SMILES string of the molecule is CN(C)c1ccc2cc(S(=O)(=O)N[C@@H](CCCN=C(N)N)C(=O)NCC3CCCCC3)ccc2c1. The van der Waals surface area contributed by atoms with E-state index < -0.39 is 16.1 Å². The molecule has 1 aliphatic carbocycles. The largest absolute Gasteiger partial charge is 0.378 e. The lowest BCUT2D eigenvalue weighted by Crippen LogP contribution is -2.47. The van der Waals surface area contributed by atoms with E-state index in [2.05, 4.69) is 15.0 Å². The summed E-state index contributed by atoms with van der Waals surface area (Å²) in [7, 11) is -0.0157. The molecule has 0 unspecified atom stereocenters. The van der Waals surface area contributed by atoms with Crippen molar-refractivity contribution in [3.05, 3.63) is 36.4 Å². The van der Waals surface area contributed by atoms with Gasteiger partial charge in [0.05, 0.1) is 4.90 Å². The summed E-state index contributed by atoms with van der Waals surface area (Å²) in [4.78, 5) is 19.1. The molecule has 9 nitrogen and oxygen atoms in total. The molecule has 3 rings (SSSR count). The summed E-state index contributed by atoms with van der Waals surface area (Å²) in [5, 5.41) is 4.72. The molecule has 1 saturated carbocycles. The molecule has 1 fully saturated rings. The van der Waals surface area contributed by atoms with E-state index in [4.69, 9.17) is 11.5 Å². The summed E-state index contributed by atoms with van der Waals surface area (Å²) >= 11 is 0. The monoisotopic (exact) mass is 502 g/mol. The Labute approximate surface area is 208 Å². The number of guanidine groups is 1. The molecule has 0 radical (unpaired) electrons. The lowest BCUT2D eigenvalue weighted by molar-refractivity contribution is -0.123. The van der Waals surface area contributed by atoms with Crippen LogP contribution in [0.15, 0.2) is 46.3 Å². The highest BCUT2D eigenvalue weighted by atomic mass is 32.2. The average molecular weight is 503 g/mol. The van der Waals surface area contributed by atoms with Crippen molar-refractivity contribution < 1.29 is 13.2 Å². The lowest BCUT2D eigenvalue weighted by atomic mass is 9.89. The Hall–Kier alpha value is -2.85. The minimum atomic E-state index is -3.93. The van der Waals surface area contributed by atoms with Crippen LogP contribution in [0.1, 0.15) is 44.9 Å². The minimum Gasteiger partial charge on any atom is -0.378 e. The molecule has 1 aliphatic rings. The number of fused-ring (bicyclic) bond motifs is 1. The van der Waals surface area contributed by atoms with Crippen LogP contribution in [0.4, 0.5) is 5.69 Å². The highest BCUT2D eigenvalue weighted by Crippen LogP contribution is 2.25. The van der Waals surface area contributed by atoms with Gasteiger partial charge >= 0.3 is 0 Å². The fourth-order valence-electron chi connectivity index (χ4n) is 4.42. The maximum atomic E-state index is 13.2. The predicted molar refractivity (Wildman–Crippen MR) is 142 cm³/mol. The van der Waals surface area contributed by atoms with Gasteiger partial charge in [-0.3, -0.25) is 9.79 Å². The van der Waals surface area contributed by atoms with Crippen LogP contribution in [0.5, 0.6) is 0 Å². The van der Waals surface area contributed by atoms with Crippen molar-refractivity contribution in [2.75, 3.05) is 32.1 Å². The zero-order valence-electron chi connectivity index (χ0n) is 20.7. The molecule has 2 aromatic rings. The number of nitrogens with two attached hydrogens (primary N) is 2. The zero-order valence-corrected chi connectivity index (χ0v) is 21.5. The van der Waals surface area contributed by atoms with Crippen molar-refractivity contribution in [1.29, 1.82) is 0 Å². The average Bonchev–Trinajstić information content (AvgIpc) is 2.84. The van der Waals surface area contributed by atoms with E-state index in [0.29, 0.717) is 25.4 Å². The van der Waals surface area contributed by atoms with Crippen LogP contribution in [-0.4, -0.2) is 53.5 Å². The predicted octanol–water partition coefficient (Wildman–Crippen LogP) is 2.30. The van der Waals surface area contributed by atoms with Gasteiger partial charge in [0.1, 0.15) is 6.04 Å². The van der Waals surface area contributed by atoms with Gasteiger partial charge in [-0.05, 0) is 66.6 Å². The number of carbonyl (C=O) groups excluding carboxylic acids is 1.